The monoisotopic (exact) mass is 317 g/mol. The molecule has 1 aromatic carbocycles. The fourth-order valence-electron chi connectivity index (χ4n) is 2.68. The number of rotatable bonds is 5. The molecule has 0 radical (unpaired) electrons. The molecule has 4 nitrogen and oxygen atoms in total. The zero-order valence-electron chi connectivity index (χ0n) is 12.6. The number of thioether (sulfide) groups is 1. The van der Waals surface area contributed by atoms with E-state index in [-0.39, 0.29) is 5.97 Å². The van der Waals surface area contributed by atoms with E-state index in [9.17, 15) is 4.79 Å². The minimum absolute atomic E-state index is 0.298. The van der Waals surface area contributed by atoms with Gasteiger partial charge in [0.2, 0.25) is 0 Å². The van der Waals surface area contributed by atoms with E-state index in [4.69, 9.17) is 9.26 Å². The number of carbonyl (C=O) groups excluding carboxylic acids is 1. The molecule has 1 aromatic heterocycles. The van der Waals surface area contributed by atoms with Gasteiger partial charge in [-0.2, -0.15) is 11.8 Å². The van der Waals surface area contributed by atoms with Gasteiger partial charge in [0.1, 0.15) is 5.76 Å². The molecule has 0 spiro atoms. The molecule has 116 valence electrons. The van der Waals surface area contributed by atoms with Crippen LogP contribution in [0.4, 0.5) is 0 Å². The number of methoxy groups -OCH3 is 1. The van der Waals surface area contributed by atoms with Gasteiger partial charge in [0.15, 0.2) is 0 Å². The molecule has 1 heterocycles. The Morgan fingerprint density at radius 1 is 1.23 bits per heavy atom. The van der Waals surface area contributed by atoms with Crippen molar-refractivity contribution >= 4 is 17.7 Å². The minimum Gasteiger partial charge on any atom is -0.465 e. The van der Waals surface area contributed by atoms with Crippen LogP contribution >= 0.6 is 11.8 Å². The molecule has 5 heteroatoms. The van der Waals surface area contributed by atoms with Gasteiger partial charge in [-0.3, -0.25) is 0 Å². The Morgan fingerprint density at radius 2 is 2.00 bits per heavy atom. The summed E-state index contributed by atoms with van der Waals surface area (Å²) < 4.78 is 10.1. The summed E-state index contributed by atoms with van der Waals surface area (Å²) in [5, 5.41) is 4.22. The van der Waals surface area contributed by atoms with Gasteiger partial charge in [-0.05, 0) is 37.0 Å². The number of ether oxygens (including phenoxy) is 1. The van der Waals surface area contributed by atoms with E-state index in [1.54, 1.807) is 12.1 Å². The molecule has 0 N–H and O–H groups in total. The van der Waals surface area contributed by atoms with Crippen LogP contribution in [0.2, 0.25) is 0 Å². The van der Waals surface area contributed by atoms with Crippen molar-refractivity contribution in [1.82, 2.24) is 5.16 Å². The molecule has 0 unspecified atom stereocenters. The van der Waals surface area contributed by atoms with Gasteiger partial charge < -0.3 is 9.26 Å². The van der Waals surface area contributed by atoms with Crippen LogP contribution in [0.25, 0.3) is 0 Å². The van der Waals surface area contributed by atoms with Crippen molar-refractivity contribution in [2.24, 2.45) is 0 Å². The summed E-state index contributed by atoms with van der Waals surface area (Å²) in [5.74, 6) is 2.55. The molecule has 0 atom stereocenters. The number of benzene rings is 1. The highest BCUT2D eigenvalue weighted by molar-refractivity contribution is 7.97. The maximum atomic E-state index is 11.4. The summed E-state index contributed by atoms with van der Waals surface area (Å²) in [4.78, 5) is 11.4. The van der Waals surface area contributed by atoms with E-state index in [0.29, 0.717) is 5.56 Å². The maximum Gasteiger partial charge on any atom is 0.337 e. The lowest BCUT2D eigenvalue weighted by molar-refractivity contribution is 0.0600. The Labute approximate surface area is 134 Å². The third-order valence-electron chi connectivity index (χ3n) is 3.91. The van der Waals surface area contributed by atoms with E-state index in [2.05, 4.69) is 5.16 Å². The zero-order valence-corrected chi connectivity index (χ0v) is 13.4. The second-order valence-electron chi connectivity index (χ2n) is 5.42. The molecule has 1 aliphatic rings. The first-order valence-corrected chi connectivity index (χ1v) is 8.64. The van der Waals surface area contributed by atoms with Crippen molar-refractivity contribution in [1.29, 1.82) is 0 Å². The van der Waals surface area contributed by atoms with Crippen LogP contribution in [0, 0.1) is 0 Å². The standard InChI is InChI=1S/C17H19NO3S/c1-20-17(19)13-8-6-12(7-9-13)10-22-11-15-14-4-2-3-5-16(14)21-18-15/h6-9H,2-5,10-11H2,1H3. The summed E-state index contributed by atoms with van der Waals surface area (Å²) >= 11 is 1.82. The molecule has 0 saturated carbocycles. The molecular formula is C17H19NO3S. The fraction of sp³-hybridized carbons (Fsp3) is 0.412. The smallest absolute Gasteiger partial charge is 0.337 e. The zero-order chi connectivity index (χ0) is 15.4. The highest BCUT2D eigenvalue weighted by Gasteiger charge is 2.18. The number of hydrogen-bond acceptors (Lipinski definition) is 5. The topological polar surface area (TPSA) is 52.3 Å². The van der Waals surface area contributed by atoms with Crippen LogP contribution in [0.1, 0.15) is 45.8 Å². The third-order valence-corrected chi connectivity index (χ3v) is 4.93. The van der Waals surface area contributed by atoms with Crippen molar-refractivity contribution in [3.05, 3.63) is 52.4 Å². The first-order chi connectivity index (χ1) is 10.8. The molecule has 1 aliphatic carbocycles. The lowest BCUT2D eigenvalue weighted by Crippen LogP contribution is -2.01. The van der Waals surface area contributed by atoms with E-state index < -0.39 is 0 Å². The molecule has 3 rings (SSSR count). The second-order valence-corrected chi connectivity index (χ2v) is 6.41. The molecule has 0 amide bonds. The Kier molecular flexibility index (Phi) is 4.83. The van der Waals surface area contributed by atoms with Crippen LogP contribution in [-0.2, 0) is 29.1 Å². The third kappa shape index (κ3) is 3.35. The number of aryl methyl sites for hydroxylation is 1. The second kappa shape index (κ2) is 7.01. The van der Waals surface area contributed by atoms with Gasteiger partial charge in [0.05, 0.1) is 18.4 Å². The van der Waals surface area contributed by atoms with Crippen LogP contribution in [0.15, 0.2) is 28.8 Å². The summed E-state index contributed by atoms with van der Waals surface area (Å²) in [5.41, 5.74) is 4.21. The molecule has 0 saturated heterocycles. The summed E-state index contributed by atoms with van der Waals surface area (Å²) in [7, 11) is 1.39. The van der Waals surface area contributed by atoms with Gasteiger partial charge in [-0.1, -0.05) is 17.3 Å². The predicted molar refractivity (Wildman–Crippen MR) is 85.9 cm³/mol. The molecule has 2 aromatic rings. The quantitative estimate of drug-likeness (QED) is 0.786. The van der Waals surface area contributed by atoms with Gasteiger partial charge in [0, 0.05) is 23.5 Å². The van der Waals surface area contributed by atoms with Crippen LogP contribution in [-0.4, -0.2) is 18.2 Å². The maximum absolute atomic E-state index is 11.4. The highest BCUT2D eigenvalue weighted by Crippen LogP contribution is 2.27. The Morgan fingerprint density at radius 3 is 2.77 bits per heavy atom. The SMILES string of the molecule is COC(=O)c1ccc(CSCc2noc3c2CCCC3)cc1. The number of hydrogen-bond donors (Lipinski definition) is 0. The number of esters is 1. The van der Waals surface area contributed by atoms with Crippen molar-refractivity contribution in [3.63, 3.8) is 0 Å². The lowest BCUT2D eigenvalue weighted by Gasteiger charge is -2.09. The largest absolute Gasteiger partial charge is 0.465 e. The number of fused-ring (bicyclic) bond motifs is 1. The average molecular weight is 317 g/mol. The summed E-state index contributed by atoms with van der Waals surface area (Å²) in [6, 6.07) is 7.55. The summed E-state index contributed by atoms with van der Waals surface area (Å²) in [6.07, 6.45) is 4.58. The van der Waals surface area contributed by atoms with Gasteiger partial charge in [0.25, 0.3) is 0 Å². The first-order valence-electron chi connectivity index (χ1n) is 7.49. The van der Waals surface area contributed by atoms with E-state index in [0.717, 1.165) is 35.8 Å². The normalized spacial score (nSPS) is 13.7. The minimum atomic E-state index is -0.298. The Bertz CT molecular complexity index is 648. The average Bonchev–Trinajstić information content (AvgIpc) is 2.98. The van der Waals surface area contributed by atoms with E-state index in [1.165, 1.54) is 31.1 Å². The van der Waals surface area contributed by atoms with E-state index >= 15 is 0 Å². The van der Waals surface area contributed by atoms with Crippen LogP contribution in [0.3, 0.4) is 0 Å². The lowest BCUT2D eigenvalue weighted by atomic mass is 9.97. The fourth-order valence-corrected chi connectivity index (χ4v) is 3.63. The molecule has 22 heavy (non-hydrogen) atoms. The number of aromatic nitrogens is 1. The van der Waals surface area contributed by atoms with Gasteiger partial charge in [-0.15, -0.1) is 0 Å². The Balaban J connectivity index is 1.55. The van der Waals surface area contributed by atoms with Crippen molar-refractivity contribution in [2.45, 2.75) is 37.2 Å². The number of carbonyl (C=O) groups is 1. The van der Waals surface area contributed by atoms with Crippen molar-refractivity contribution in [2.75, 3.05) is 7.11 Å². The van der Waals surface area contributed by atoms with Crippen LogP contribution < -0.4 is 0 Å². The molecule has 0 fully saturated rings. The van der Waals surface area contributed by atoms with Crippen molar-refractivity contribution in [3.8, 4) is 0 Å². The van der Waals surface area contributed by atoms with Gasteiger partial charge in [-0.25, -0.2) is 4.79 Å². The predicted octanol–water partition coefficient (Wildman–Crippen LogP) is 3.77. The van der Waals surface area contributed by atoms with E-state index in [1.807, 2.05) is 23.9 Å². The van der Waals surface area contributed by atoms with Crippen LogP contribution in [0.5, 0.6) is 0 Å². The van der Waals surface area contributed by atoms with Gasteiger partial charge >= 0.3 is 5.97 Å². The first kappa shape index (κ1) is 15.2. The summed E-state index contributed by atoms with van der Waals surface area (Å²) in [6.45, 7) is 0. The molecule has 0 aliphatic heterocycles. The van der Waals surface area contributed by atoms with Crippen molar-refractivity contribution < 1.29 is 14.1 Å². The number of nitrogens with zero attached hydrogens (tertiary/aromatic N) is 1. The Hall–Kier alpha value is -1.75. The highest BCUT2D eigenvalue weighted by atomic mass is 32.2. The molecule has 0 bridgehead atoms. The molecular weight excluding hydrogens is 298 g/mol.